The third-order valence-electron chi connectivity index (χ3n) is 1.59. The molecular formula is C8H8F2O3S. The number of hydrogen-bond acceptors (Lipinski definition) is 3. The molecule has 0 radical (unpaired) electrons. The van der Waals surface area contributed by atoms with Crippen molar-refractivity contribution < 1.29 is 22.3 Å². The smallest absolute Gasteiger partial charge is 0.183 e. The first-order valence-electron chi connectivity index (χ1n) is 3.76. The van der Waals surface area contributed by atoms with E-state index in [1.54, 1.807) is 0 Å². The van der Waals surface area contributed by atoms with Crippen molar-refractivity contribution in [3.8, 4) is 0 Å². The van der Waals surface area contributed by atoms with Gasteiger partial charge in [-0.3, -0.25) is 0 Å². The lowest BCUT2D eigenvalue weighted by atomic mass is 10.3. The molecule has 0 saturated carbocycles. The minimum Gasteiger partial charge on any atom is -0.395 e. The van der Waals surface area contributed by atoms with E-state index in [-0.39, 0.29) is 0 Å². The summed E-state index contributed by atoms with van der Waals surface area (Å²) in [5.41, 5.74) is 0. The first kappa shape index (κ1) is 11.1. The lowest BCUT2D eigenvalue weighted by Crippen LogP contribution is -2.12. The molecule has 0 aliphatic heterocycles. The highest BCUT2D eigenvalue weighted by atomic mass is 32.2. The SMILES string of the molecule is O=S(=O)(CCO)c1cc(F)ccc1F. The molecule has 3 nitrogen and oxygen atoms in total. The van der Waals surface area contributed by atoms with Crippen LogP contribution in [-0.4, -0.2) is 25.9 Å². The maximum Gasteiger partial charge on any atom is 0.183 e. The second kappa shape index (κ2) is 4.02. The topological polar surface area (TPSA) is 54.4 Å². The Balaban J connectivity index is 3.25. The van der Waals surface area contributed by atoms with Crippen molar-refractivity contribution in [1.82, 2.24) is 0 Å². The molecule has 1 rings (SSSR count). The summed E-state index contributed by atoms with van der Waals surface area (Å²) in [4.78, 5) is -0.716. The number of benzene rings is 1. The molecule has 1 aromatic carbocycles. The van der Waals surface area contributed by atoms with E-state index in [0.29, 0.717) is 6.07 Å². The Kier molecular flexibility index (Phi) is 3.17. The van der Waals surface area contributed by atoms with Gasteiger partial charge in [0.2, 0.25) is 0 Å². The van der Waals surface area contributed by atoms with E-state index >= 15 is 0 Å². The predicted octanol–water partition coefficient (Wildman–Crippen LogP) is 0.731. The largest absolute Gasteiger partial charge is 0.395 e. The molecule has 0 heterocycles. The van der Waals surface area contributed by atoms with Crippen LogP contribution in [0.1, 0.15) is 0 Å². The fourth-order valence-corrected chi connectivity index (χ4v) is 2.06. The van der Waals surface area contributed by atoms with Gasteiger partial charge < -0.3 is 5.11 Å². The van der Waals surface area contributed by atoms with Crippen LogP contribution in [0.3, 0.4) is 0 Å². The van der Waals surface area contributed by atoms with Crippen LogP contribution in [0.15, 0.2) is 23.1 Å². The molecule has 1 aromatic rings. The second-order valence-electron chi connectivity index (χ2n) is 2.62. The van der Waals surface area contributed by atoms with Gasteiger partial charge in [0.1, 0.15) is 16.5 Å². The lowest BCUT2D eigenvalue weighted by molar-refractivity contribution is 0.319. The third kappa shape index (κ3) is 2.27. The molecule has 0 aliphatic carbocycles. The van der Waals surface area contributed by atoms with Gasteiger partial charge in [-0.2, -0.15) is 0 Å². The molecule has 0 aliphatic rings. The molecule has 6 heteroatoms. The molecule has 0 bridgehead atoms. The second-order valence-corrected chi connectivity index (χ2v) is 4.69. The molecule has 0 spiro atoms. The van der Waals surface area contributed by atoms with Crippen LogP contribution in [0.4, 0.5) is 8.78 Å². The minimum absolute atomic E-state index is 0.598. The summed E-state index contributed by atoms with van der Waals surface area (Å²) in [6.45, 7) is -0.627. The zero-order valence-corrected chi connectivity index (χ0v) is 7.89. The first-order chi connectivity index (χ1) is 6.47. The number of hydrogen-bond donors (Lipinski definition) is 1. The minimum atomic E-state index is -3.93. The molecule has 0 fully saturated rings. The van der Waals surface area contributed by atoms with E-state index in [9.17, 15) is 17.2 Å². The molecule has 0 unspecified atom stereocenters. The summed E-state index contributed by atoms with van der Waals surface area (Å²) in [5.74, 6) is -2.46. The lowest BCUT2D eigenvalue weighted by Gasteiger charge is -2.03. The molecule has 1 N–H and O–H groups in total. The summed E-state index contributed by atoms with van der Waals surface area (Å²) in [7, 11) is -3.93. The van der Waals surface area contributed by atoms with Gasteiger partial charge in [-0.1, -0.05) is 0 Å². The maximum atomic E-state index is 13.0. The van der Waals surface area contributed by atoms with Gasteiger partial charge in [-0.15, -0.1) is 0 Å². The van der Waals surface area contributed by atoms with Crippen LogP contribution in [0, 0.1) is 11.6 Å². The highest BCUT2D eigenvalue weighted by molar-refractivity contribution is 7.91. The van der Waals surface area contributed by atoms with Crippen molar-refractivity contribution in [3.05, 3.63) is 29.8 Å². The number of halogens is 2. The van der Waals surface area contributed by atoms with Gasteiger partial charge in [0.05, 0.1) is 12.4 Å². The average Bonchev–Trinajstić information content (AvgIpc) is 2.09. The Morgan fingerprint density at radius 1 is 1.29 bits per heavy atom. The van der Waals surface area contributed by atoms with E-state index in [1.807, 2.05) is 0 Å². The van der Waals surface area contributed by atoms with Crippen LogP contribution in [0.25, 0.3) is 0 Å². The van der Waals surface area contributed by atoms with Gasteiger partial charge in [0.15, 0.2) is 9.84 Å². The van der Waals surface area contributed by atoms with E-state index in [2.05, 4.69) is 0 Å². The van der Waals surface area contributed by atoms with Gasteiger partial charge in [0, 0.05) is 0 Å². The van der Waals surface area contributed by atoms with Crippen LogP contribution in [-0.2, 0) is 9.84 Å². The molecular weight excluding hydrogens is 214 g/mol. The highest BCUT2D eigenvalue weighted by Crippen LogP contribution is 2.16. The van der Waals surface area contributed by atoms with Crippen molar-refractivity contribution in [1.29, 1.82) is 0 Å². The van der Waals surface area contributed by atoms with Gasteiger partial charge in [-0.05, 0) is 18.2 Å². The summed E-state index contributed by atoms with van der Waals surface area (Å²) in [6.07, 6.45) is 0. The van der Waals surface area contributed by atoms with Crippen molar-refractivity contribution in [2.24, 2.45) is 0 Å². The van der Waals surface area contributed by atoms with Crippen molar-refractivity contribution >= 4 is 9.84 Å². The summed E-state index contributed by atoms with van der Waals surface area (Å²) in [6, 6.07) is 2.16. The van der Waals surface area contributed by atoms with Gasteiger partial charge in [-0.25, -0.2) is 17.2 Å². The molecule has 0 aromatic heterocycles. The molecule has 78 valence electrons. The zero-order valence-electron chi connectivity index (χ0n) is 7.07. The molecule has 0 atom stereocenters. The van der Waals surface area contributed by atoms with E-state index in [1.165, 1.54) is 0 Å². The summed E-state index contributed by atoms with van der Waals surface area (Å²) >= 11 is 0. The average molecular weight is 222 g/mol. The van der Waals surface area contributed by atoms with Crippen molar-refractivity contribution in [3.63, 3.8) is 0 Å². The van der Waals surface area contributed by atoms with Crippen LogP contribution in [0.2, 0.25) is 0 Å². The standard InChI is InChI=1S/C8H8F2O3S/c9-6-1-2-7(10)8(5-6)14(12,13)4-3-11/h1-2,5,11H,3-4H2. The Labute approximate surface area is 79.9 Å². The number of aliphatic hydroxyl groups is 1. The Morgan fingerprint density at radius 2 is 1.93 bits per heavy atom. The zero-order chi connectivity index (χ0) is 10.8. The van der Waals surface area contributed by atoms with Crippen LogP contribution >= 0.6 is 0 Å². The molecule has 14 heavy (non-hydrogen) atoms. The molecule has 0 saturated heterocycles. The first-order valence-corrected chi connectivity index (χ1v) is 5.41. The Hall–Kier alpha value is -1.01. The summed E-state index contributed by atoms with van der Waals surface area (Å²) < 4.78 is 48.1. The van der Waals surface area contributed by atoms with Crippen LogP contribution < -0.4 is 0 Å². The summed E-state index contributed by atoms with van der Waals surface area (Å²) in [5, 5.41) is 8.43. The molecule has 0 amide bonds. The van der Waals surface area contributed by atoms with Gasteiger partial charge in [0.25, 0.3) is 0 Å². The number of rotatable bonds is 3. The number of sulfone groups is 1. The monoisotopic (exact) mass is 222 g/mol. The normalized spacial score (nSPS) is 11.6. The third-order valence-corrected chi connectivity index (χ3v) is 3.29. The highest BCUT2D eigenvalue weighted by Gasteiger charge is 2.19. The van der Waals surface area contributed by atoms with Crippen molar-refractivity contribution in [2.45, 2.75) is 4.90 Å². The van der Waals surface area contributed by atoms with E-state index in [0.717, 1.165) is 12.1 Å². The van der Waals surface area contributed by atoms with E-state index < -0.39 is 38.7 Å². The van der Waals surface area contributed by atoms with Crippen LogP contribution in [0.5, 0.6) is 0 Å². The quantitative estimate of drug-likeness (QED) is 0.820. The van der Waals surface area contributed by atoms with Crippen molar-refractivity contribution in [2.75, 3.05) is 12.4 Å². The Bertz CT molecular complexity index is 428. The van der Waals surface area contributed by atoms with E-state index in [4.69, 9.17) is 5.11 Å². The fraction of sp³-hybridized carbons (Fsp3) is 0.250. The predicted molar refractivity (Wildman–Crippen MR) is 45.5 cm³/mol. The van der Waals surface area contributed by atoms with Gasteiger partial charge >= 0.3 is 0 Å². The fourth-order valence-electron chi connectivity index (χ4n) is 0.946. The maximum absolute atomic E-state index is 13.0. The number of aliphatic hydroxyl groups excluding tert-OH is 1. The Morgan fingerprint density at radius 3 is 2.50 bits per heavy atom.